The summed E-state index contributed by atoms with van der Waals surface area (Å²) in [5.41, 5.74) is 1.88. The third kappa shape index (κ3) is 3.82. The number of hydrogen-bond acceptors (Lipinski definition) is 3. The molecule has 0 unspecified atom stereocenters. The zero-order valence-corrected chi connectivity index (χ0v) is 12.6. The summed E-state index contributed by atoms with van der Waals surface area (Å²) in [5, 5.41) is 18.7. The van der Waals surface area contributed by atoms with E-state index >= 15 is 0 Å². The van der Waals surface area contributed by atoms with Crippen molar-refractivity contribution in [3.63, 3.8) is 0 Å². The summed E-state index contributed by atoms with van der Waals surface area (Å²) in [5.74, 6) is 0.350. The highest BCUT2D eigenvalue weighted by atomic mass is 79.9. The monoisotopic (exact) mass is 336 g/mol. The van der Waals surface area contributed by atoms with Gasteiger partial charge in [0.2, 0.25) is 0 Å². The molecule has 0 amide bonds. The maximum atomic E-state index is 9.35. The lowest BCUT2D eigenvalue weighted by molar-refractivity contribution is 0.188. The lowest BCUT2D eigenvalue weighted by atomic mass is 10.00. The Morgan fingerprint density at radius 2 is 1.70 bits per heavy atom. The summed E-state index contributed by atoms with van der Waals surface area (Å²) in [6.07, 6.45) is 0. The van der Waals surface area contributed by atoms with Gasteiger partial charge in [0.05, 0.1) is 13.2 Å². The maximum Gasteiger partial charge on any atom is 0.123 e. The molecule has 20 heavy (non-hydrogen) atoms. The molecule has 0 aliphatic carbocycles. The van der Waals surface area contributed by atoms with Crippen molar-refractivity contribution in [1.29, 1.82) is 0 Å². The highest BCUT2D eigenvalue weighted by Gasteiger charge is 2.15. The van der Waals surface area contributed by atoms with Gasteiger partial charge in [-0.2, -0.15) is 0 Å². The summed E-state index contributed by atoms with van der Waals surface area (Å²) < 4.78 is 6.71. The molecular formula is C16H17BrO3. The van der Waals surface area contributed by atoms with Gasteiger partial charge in [0.15, 0.2) is 0 Å². The molecule has 0 heterocycles. The van der Waals surface area contributed by atoms with E-state index in [1.165, 1.54) is 0 Å². The van der Waals surface area contributed by atoms with E-state index in [0.29, 0.717) is 12.4 Å². The van der Waals surface area contributed by atoms with Crippen LogP contribution >= 0.6 is 15.9 Å². The van der Waals surface area contributed by atoms with Crippen LogP contribution in [0.4, 0.5) is 0 Å². The van der Waals surface area contributed by atoms with Crippen molar-refractivity contribution in [2.75, 3.05) is 13.2 Å². The van der Waals surface area contributed by atoms with Gasteiger partial charge in [0.25, 0.3) is 0 Å². The summed E-state index contributed by atoms with van der Waals surface area (Å²) in [6.45, 7) is 0.225. The Labute approximate surface area is 127 Å². The van der Waals surface area contributed by atoms with Crippen LogP contribution < -0.4 is 4.74 Å². The number of hydrogen-bond donors (Lipinski definition) is 2. The topological polar surface area (TPSA) is 49.7 Å². The molecule has 2 aromatic rings. The smallest absolute Gasteiger partial charge is 0.123 e. The zero-order chi connectivity index (χ0) is 14.4. The molecule has 0 atom stereocenters. The molecule has 2 aromatic carbocycles. The lowest BCUT2D eigenvalue weighted by Gasteiger charge is -2.17. The van der Waals surface area contributed by atoms with Crippen LogP contribution in [0.5, 0.6) is 5.75 Å². The van der Waals surface area contributed by atoms with E-state index in [2.05, 4.69) is 15.9 Å². The third-order valence-corrected chi connectivity index (χ3v) is 3.58. The molecule has 0 spiro atoms. The first-order valence-electron chi connectivity index (χ1n) is 6.42. The molecule has 4 heteroatoms. The highest BCUT2D eigenvalue weighted by molar-refractivity contribution is 9.10. The van der Waals surface area contributed by atoms with Crippen LogP contribution in [0.15, 0.2) is 53.0 Å². The number of aliphatic hydroxyl groups is 2. The van der Waals surface area contributed by atoms with Crippen LogP contribution in [0.3, 0.4) is 0 Å². The number of rotatable bonds is 6. The van der Waals surface area contributed by atoms with Crippen molar-refractivity contribution in [1.82, 2.24) is 0 Å². The summed E-state index contributed by atoms with van der Waals surface area (Å²) >= 11 is 3.40. The van der Waals surface area contributed by atoms with E-state index in [0.717, 1.165) is 15.6 Å². The van der Waals surface area contributed by atoms with Crippen LogP contribution in [0, 0.1) is 0 Å². The van der Waals surface area contributed by atoms with Gasteiger partial charge in [-0.25, -0.2) is 0 Å². The third-order valence-electron chi connectivity index (χ3n) is 3.09. The predicted octanol–water partition coefficient (Wildman–Crippen LogP) is 3.10. The molecule has 2 rings (SSSR count). The first kappa shape index (κ1) is 15.0. The fourth-order valence-corrected chi connectivity index (χ4v) is 2.34. The van der Waals surface area contributed by atoms with Gasteiger partial charge in [-0.1, -0.05) is 46.3 Å². The Balaban J connectivity index is 2.18. The van der Waals surface area contributed by atoms with Crippen LogP contribution in [0.1, 0.15) is 17.0 Å². The minimum Gasteiger partial charge on any atom is -0.489 e. The summed E-state index contributed by atoms with van der Waals surface area (Å²) in [4.78, 5) is 0. The second kappa shape index (κ2) is 7.43. The first-order valence-corrected chi connectivity index (χ1v) is 7.21. The Bertz CT molecular complexity index is 539. The molecule has 0 saturated heterocycles. The average molecular weight is 337 g/mol. The Morgan fingerprint density at radius 1 is 1.00 bits per heavy atom. The van der Waals surface area contributed by atoms with Crippen LogP contribution in [-0.2, 0) is 6.61 Å². The van der Waals surface area contributed by atoms with E-state index in [1.54, 1.807) is 0 Å². The quantitative estimate of drug-likeness (QED) is 0.852. The molecule has 0 aliphatic rings. The normalized spacial score (nSPS) is 10.8. The van der Waals surface area contributed by atoms with Gasteiger partial charge in [-0.05, 0) is 23.8 Å². The predicted molar refractivity (Wildman–Crippen MR) is 81.8 cm³/mol. The largest absolute Gasteiger partial charge is 0.489 e. The molecule has 0 radical (unpaired) electrons. The molecule has 106 valence electrons. The van der Waals surface area contributed by atoms with Crippen molar-refractivity contribution in [2.45, 2.75) is 12.5 Å². The van der Waals surface area contributed by atoms with Crippen LogP contribution in [0.2, 0.25) is 0 Å². The van der Waals surface area contributed by atoms with Crippen molar-refractivity contribution in [2.24, 2.45) is 0 Å². The molecule has 0 aromatic heterocycles. The SMILES string of the molecule is OCC(CO)c1cc(Br)ccc1OCc1ccccc1. The zero-order valence-electron chi connectivity index (χ0n) is 11.0. The van der Waals surface area contributed by atoms with Crippen molar-refractivity contribution < 1.29 is 14.9 Å². The fourth-order valence-electron chi connectivity index (χ4n) is 1.96. The Hall–Kier alpha value is -1.36. The van der Waals surface area contributed by atoms with Gasteiger partial charge in [-0.15, -0.1) is 0 Å². The summed E-state index contributed by atoms with van der Waals surface area (Å²) in [6, 6.07) is 15.5. The summed E-state index contributed by atoms with van der Waals surface area (Å²) in [7, 11) is 0. The average Bonchev–Trinajstić information content (AvgIpc) is 2.49. The standard InChI is InChI=1S/C16H17BrO3/c17-14-6-7-16(15(8-14)13(9-18)10-19)20-11-12-4-2-1-3-5-12/h1-8,13,18-19H,9-11H2. The van der Waals surface area contributed by atoms with E-state index in [1.807, 2.05) is 48.5 Å². The number of ether oxygens (including phenoxy) is 1. The molecule has 0 saturated carbocycles. The van der Waals surface area contributed by atoms with Gasteiger partial charge in [-0.3, -0.25) is 0 Å². The van der Waals surface area contributed by atoms with E-state index in [4.69, 9.17) is 4.74 Å². The van der Waals surface area contributed by atoms with E-state index < -0.39 is 0 Å². The van der Waals surface area contributed by atoms with Crippen molar-refractivity contribution >= 4 is 15.9 Å². The van der Waals surface area contributed by atoms with E-state index in [9.17, 15) is 10.2 Å². The first-order chi connectivity index (χ1) is 9.74. The molecule has 0 aliphatic heterocycles. The van der Waals surface area contributed by atoms with Gasteiger partial charge < -0.3 is 14.9 Å². The molecular weight excluding hydrogens is 320 g/mol. The van der Waals surface area contributed by atoms with Crippen LogP contribution in [-0.4, -0.2) is 23.4 Å². The minimum absolute atomic E-state index is 0.116. The Morgan fingerprint density at radius 3 is 2.35 bits per heavy atom. The van der Waals surface area contributed by atoms with Gasteiger partial charge in [0, 0.05) is 16.0 Å². The second-order valence-electron chi connectivity index (χ2n) is 4.52. The van der Waals surface area contributed by atoms with Crippen molar-refractivity contribution in [3.8, 4) is 5.75 Å². The van der Waals surface area contributed by atoms with Gasteiger partial charge >= 0.3 is 0 Å². The fraction of sp³-hybridized carbons (Fsp3) is 0.250. The minimum atomic E-state index is -0.335. The van der Waals surface area contributed by atoms with Crippen molar-refractivity contribution in [3.05, 3.63) is 64.1 Å². The molecule has 0 bridgehead atoms. The molecule has 0 fully saturated rings. The molecule has 3 nitrogen and oxygen atoms in total. The lowest BCUT2D eigenvalue weighted by Crippen LogP contribution is -2.11. The number of benzene rings is 2. The number of halogens is 1. The van der Waals surface area contributed by atoms with E-state index in [-0.39, 0.29) is 19.1 Å². The highest BCUT2D eigenvalue weighted by Crippen LogP contribution is 2.30. The number of aliphatic hydroxyl groups excluding tert-OH is 2. The molecule has 2 N–H and O–H groups in total. The van der Waals surface area contributed by atoms with Gasteiger partial charge in [0.1, 0.15) is 12.4 Å². The Kier molecular flexibility index (Phi) is 5.59. The second-order valence-corrected chi connectivity index (χ2v) is 5.43. The maximum absolute atomic E-state index is 9.35. The van der Waals surface area contributed by atoms with Crippen LogP contribution in [0.25, 0.3) is 0 Å².